The molecule has 2 atom stereocenters. The molecule has 2 aliphatic rings. The number of hydrogen-bond acceptors (Lipinski definition) is 4. The number of nitrogens with one attached hydrogen (secondary N) is 1. The van der Waals surface area contributed by atoms with Gasteiger partial charge in [-0.3, -0.25) is 4.79 Å². The summed E-state index contributed by atoms with van der Waals surface area (Å²) in [5.41, 5.74) is 7.32. The van der Waals surface area contributed by atoms with Crippen molar-refractivity contribution in [2.75, 3.05) is 6.54 Å². The van der Waals surface area contributed by atoms with Crippen molar-refractivity contribution in [3.8, 4) is 0 Å². The molecule has 1 aromatic rings. The van der Waals surface area contributed by atoms with Gasteiger partial charge in [-0.2, -0.15) is 0 Å². The van der Waals surface area contributed by atoms with Crippen molar-refractivity contribution in [1.82, 2.24) is 10.3 Å². The van der Waals surface area contributed by atoms with E-state index in [9.17, 15) is 4.79 Å². The fourth-order valence-electron chi connectivity index (χ4n) is 3.45. The summed E-state index contributed by atoms with van der Waals surface area (Å²) in [6.45, 7) is 0.702. The first kappa shape index (κ1) is 17.7. The minimum Gasteiger partial charge on any atom is -0.356 e. The van der Waals surface area contributed by atoms with Gasteiger partial charge in [-0.15, -0.1) is 23.7 Å². The summed E-state index contributed by atoms with van der Waals surface area (Å²) in [5.74, 6) is 0.538. The Morgan fingerprint density at radius 2 is 2.09 bits per heavy atom. The molecule has 1 heterocycles. The quantitative estimate of drug-likeness (QED) is 0.863. The zero-order valence-corrected chi connectivity index (χ0v) is 14.6. The van der Waals surface area contributed by atoms with Crippen LogP contribution >= 0.6 is 23.7 Å². The Kier molecular flexibility index (Phi) is 6.66. The summed E-state index contributed by atoms with van der Waals surface area (Å²) >= 11 is 1.84. The van der Waals surface area contributed by atoms with Crippen molar-refractivity contribution in [3.05, 3.63) is 15.6 Å². The van der Waals surface area contributed by atoms with Gasteiger partial charge in [-0.25, -0.2) is 4.98 Å². The number of halogens is 1. The Bertz CT molecular complexity index is 482. The molecule has 1 amide bonds. The molecule has 1 saturated carbocycles. The second-order valence-corrected chi connectivity index (χ2v) is 7.51. The molecule has 0 spiro atoms. The average molecular weight is 344 g/mol. The fraction of sp³-hybridized carbons (Fsp3) is 0.750. The zero-order chi connectivity index (χ0) is 14.7. The maximum Gasteiger partial charge on any atom is 0.220 e. The van der Waals surface area contributed by atoms with E-state index >= 15 is 0 Å². The van der Waals surface area contributed by atoms with Gasteiger partial charge in [-0.05, 0) is 44.4 Å². The lowest BCUT2D eigenvalue weighted by atomic mass is 10.00. The van der Waals surface area contributed by atoms with E-state index in [0.717, 1.165) is 25.7 Å². The SMILES string of the molecule is Cl.N[C@@H]1CCC[C@H]1CC(=O)NCCc1nc2c(s1)CCCC2. The predicted molar refractivity (Wildman–Crippen MR) is 92.7 cm³/mol. The summed E-state index contributed by atoms with van der Waals surface area (Å²) < 4.78 is 0. The summed E-state index contributed by atoms with van der Waals surface area (Å²) in [5, 5.41) is 4.21. The van der Waals surface area contributed by atoms with Crippen LogP contribution < -0.4 is 11.1 Å². The van der Waals surface area contributed by atoms with Gasteiger partial charge < -0.3 is 11.1 Å². The Morgan fingerprint density at radius 3 is 2.82 bits per heavy atom. The highest BCUT2D eigenvalue weighted by Crippen LogP contribution is 2.27. The molecule has 22 heavy (non-hydrogen) atoms. The Hall–Kier alpha value is -0.650. The maximum atomic E-state index is 11.9. The summed E-state index contributed by atoms with van der Waals surface area (Å²) in [6.07, 6.45) is 9.70. The number of rotatable bonds is 5. The highest BCUT2D eigenvalue weighted by atomic mass is 35.5. The van der Waals surface area contributed by atoms with Crippen LogP contribution in [0.1, 0.15) is 54.1 Å². The van der Waals surface area contributed by atoms with E-state index < -0.39 is 0 Å². The van der Waals surface area contributed by atoms with E-state index in [4.69, 9.17) is 10.7 Å². The number of fused-ring (bicyclic) bond motifs is 1. The van der Waals surface area contributed by atoms with Gasteiger partial charge in [0.25, 0.3) is 0 Å². The first-order valence-corrected chi connectivity index (χ1v) is 9.04. The van der Waals surface area contributed by atoms with Gasteiger partial charge in [0.15, 0.2) is 0 Å². The fourth-order valence-corrected chi connectivity index (χ4v) is 4.61. The standard InChI is InChI=1S/C16H25N3OS.ClH/c17-12-5-3-4-11(12)10-15(20)18-9-8-16-19-13-6-1-2-7-14(13)21-16;/h11-12H,1-10,17H2,(H,18,20);1H/t11-,12+;/m0./s1. The Morgan fingerprint density at radius 1 is 1.27 bits per heavy atom. The lowest BCUT2D eigenvalue weighted by molar-refractivity contribution is -0.122. The minimum atomic E-state index is 0. The van der Waals surface area contributed by atoms with Crippen LogP contribution in [0.2, 0.25) is 0 Å². The first-order chi connectivity index (χ1) is 10.2. The van der Waals surface area contributed by atoms with E-state index in [2.05, 4.69) is 5.32 Å². The van der Waals surface area contributed by atoms with Crippen molar-refractivity contribution in [2.24, 2.45) is 11.7 Å². The molecule has 0 radical (unpaired) electrons. The van der Waals surface area contributed by atoms with Crippen LogP contribution in [-0.4, -0.2) is 23.5 Å². The molecule has 6 heteroatoms. The molecular formula is C16H26ClN3OS. The summed E-state index contributed by atoms with van der Waals surface area (Å²) in [7, 11) is 0. The number of carbonyl (C=O) groups is 1. The molecule has 0 unspecified atom stereocenters. The average Bonchev–Trinajstić information content (AvgIpc) is 3.05. The second-order valence-electron chi connectivity index (χ2n) is 6.34. The van der Waals surface area contributed by atoms with Gasteiger partial charge in [0.2, 0.25) is 5.91 Å². The predicted octanol–water partition coefficient (Wildman–Crippen LogP) is 2.62. The van der Waals surface area contributed by atoms with Crippen LogP contribution in [0.3, 0.4) is 0 Å². The lowest BCUT2D eigenvalue weighted by Crippen LogP contribution is -2.32. The third-order valence-electron chi connectivity index (χ3n) is 4.72. The third-order valence-corrected chi connectivity index (χ3v) is 5.93. The van der Waals surface area contributed by atoms with E-state index in [1.165, 1.54) is 41.3 Å². The number of aromatic nitrogens is 1. The molecule has 1 fully saturated rings. The minimum absolute atomic E-state index is 0. The van der Waals surface area contributed by atoms with Crippen LogP contribution in [0.15, 0.2) is 0 Å². The Balaban J connectivity index is 0.00000176. The molecule has 2 aliphatic carbocycles. The smallest absolute Gasteiger partial charge is 0.220 e. The van der Waals surface area contributed by atoms with Crippen LogP contribution in [-0.2, 0) is 24.1 Å². The molecular weight excluding hydrogens is 318 g/mol. The number of thiazole rings is 1. The molecule has 0 bridgehead atoms. The summed E-state index contributed by atoms with van der Waals surface area (Å²) in [6, 6.07) is 0.224. The third kappa shape index (κ3) is 4.43. The number of nitrogens with two attached hydrogens (primary N) is 1. The topological polar surface area (TPSA) is 68.0 Å². The number of hydrogen-bond donors (Lipinski definition) is 2. The normalized spacial score (nSPS) is 23.7. The largest absolute Gasteiger partial charge is 0.356 e. The highest BCUT2D eigenvalue weighted by molar-refractivity contribution is 7.11. The monoisotopic (exact) mass is 343 g/mol. The molecule has 3 rings (SSSR count). The number of carbonyl (C=O) groups excluding carboxylic acids is 1. The number of aryl methyl sites for hydroxylation is 2. The lowest BCUT2D eigenvalue weighted by Gasteiger charge is -2.14. The number of amides is 1. The first-order valence-electron chi connectivity index (χ1n) is 8.22. The van der Waals surface area contributed by atoms with Gasteiger partial charge in [-0.1, -0.05) is 6.42 Å². The molecule has 0 aliphatic heterocycles. The molecule has 124 valence electrons. The number of nitrogens with zero attached hydrogens (tertiary/aromatic N) is 1. The molecule has 4 nitrogen and oxygen atoms in total. The van der Waals surface area contributed by atoms with Gasteiger partial charge in [0, 0.05) is 30.3 Å². The van der Waals surface area contributed by atoms with Crippen molar-refractivity contribution in [3.63, 3.8) is 0 Å². The van der Waals surface area contributed by atoms with Crippen LogP contribution in [0, 0.1) is 5.92 Å². The highest BCUT2D eigenvalue weighted by Gasteiger charge is 2.25. The van der Waals surface area contributed by atoms with Gasteiger partial charge in [0.05, 0.1) is 10.7 Å². The van der Waals surface area contributed by atoms with E-state index in [-0.39, 0.29) is 24.4 Å². The maximum absolute atomic E-state index is 11.9. The van der Waals surface area contributed by atoms with E-state index in [0.29, 0.717) is 18.9 Å². The summed E-state index contributed by atoms with van der Waals surface area (Å²) in [4.78, 5) is 18.1. The molecule has 1 aromatic heterocycles. The molecule has 0 aromatic carbocycles. The zero-order valence-electron chi connectivity index (χ0n) is 13.0. The van der Waals surface area contributed by atoms with Crippen LogP contribution in [0.25, 0.3) is 0 Å². The van der Waals surface area contributed by atoms with E-state index in [1.54, 1.807) is 0 Å². The van der Waals surface area contributed by atoms with Crippen molar-refractivity contribution < 1.29 is 4.79 Å². The van der Waals surface area contributed by atoms with Crippen LogP contribution in [0.4, 0.5) is 0 Å². The van der Waals surface area contributed by atoms with Crippen LogP contribution in [0.5, 0.6) is 0 Å². The Labute approximate surface area is 142 Å². The van der Waals surface area contributed by atoms with Gasteiger partial charge >= 0.3 is 0 Å². The molecule has 3 N–H and O–H groups in total. The molecule has 0 saturated heterocycles. The van der Waals surface area contributed by atoms with Crippen molar-refractivity contribution in [2.45, 2.75) is 63.8 Å². The second kappa shape index (κ2) is 8.27. The van der Waals surface area contributed by atoms with E-state index in [1.807, 2.05) is 11.3 Å². The van der Waals surface area contributed by atoms with Crippen molar-refractivity contribution >= 4 is 29.7 Å². The van der Waals surface area contributed by atoms with Gasteiger partial charge in [0.1, 0.15) is 0 Å². The van der Waals surface area contributed by atoms with Crippen molar-refractivity contribution in [1.29, 1.82) is 0 Å².